The maximum atomic E-state index is 13.2. The molecule has 1 amide bonds. The molecule has 2 heterocycles. The van der Waals surface area contributed by atoms with Crippen molar-refractivity contribution in [2.75, 3.05) is 38.6 Å². The summed E-state index contributed by atoms with van der Waals surface area (Å²) in [5, 5.41) is 3.36. The van der Waals surface area contributed by atoms with Crippen molar-refractivity contribution in [3.8, 4) is 0 Å². The average Bonchev–Trinajstić information content (AvgIpc) is 2.87. The SMILES string of the molecule is CCN(CC)S(=O)(=O)c1ccc(NC(=O)COC(=O)c2c3c(nc4ccccc24)CC[NH+](C)C3)cc1. The largest absolute Gasteiger partial charge is 0.452 e. The van der Waals surface area contributed by atoms with Gasteiger partial charge in [-0.2, -0.15) is 4.31 Å². The van der Waals surface area contributed by atoms with Gasteiger partial charge in [0.05, 0.1) is 35.3 Å². The Morgan fingerprint density at radius 2 is 1.78 bits per heavy atom. The Bertz CT molecular complexity index is 1390. The summed E-state index contributed by atoms with van der Waals surface area (Å²) in [5.41, 5.74) is 3.37. The van der Waals surface area contributed by atoms with Gasteiger partial charge in [-0.25, -0.2) is 13.2 Å². The number of nitrogens with one attached hydrogen (secondary N) is 2. The van der Waals surface area contributed by atoms with Crippen LogP contribution in [0.15, 0.2) is 53.4 Å². The van der Waals surface area contributed by atoms with Gasteiger partial charge in [0.25, 0.3) is 5.91 Å². The van der Waals surface area contributed by atoms with E-state index in [9.17, 15) is 18.0 Å². The number of hydrogen-bond acceptors (Lipinski definition) is 6. The van der Waals surface area contributed by atoms with Crippen molar-refractivity contribution < 1.29 is 27.6 Å². The number of amides is 1. The van der Waals surface area contributed by atoms with Crippen LogP contribution in [0.25, 0.3) is 10.9 Å². The molecular weight excluding hydrogens is 480 g/mol. The first-order valence-corrected chi connectivity index (χ1v) is 13.5. The van der Waals surface area contributed by atoms with E-state index in [0.717, 1.165) is 29.7 Å². The Labute approximate surface area is 211 Å². The highest BCUT2D eigenvalue weighted by Crippen LogP contribution is 2.26. The van der Waals surface area contributed by atoms with Crippen LogP contribution in [0.1, 0.15) is 35.5 Å². The van der Waals surface area contributed by atoms with Crippen LogP contribution < -0.4 is 10.2 Å². The van der Waals surface area contributed by atoms with Crippen molar-refractivity contribution in [3.63, 3.8) is 0 Å². The zero-order chi connectivity index (χ0) is 25.9. The number of anilines is 1. The van der Waals surface area contributed by atoms with Crippen LogP contribution in [0.3, 0.4) is 0 Å². The molecule has 2 N–H and O–H groups in total. The highest BCUT2D eigenvalue weighted by molar-refractivity contribution is 7.89. The molecule has 0 saturated heterocycles. The molecule has 1 aliphatic rings. The molecule has 0 aliphatic carbocycles. The second kappa shape index (κ2) is 10.7. The average molecular weight is 512 g/mol. The Morgan fingerprint density at radius 1 is 1.08 bits per heavy atom. The second-order valence-electron chi connectivity index (χ2n) is 8.80. The minimum absolute atomic E-state index is 0.150. The van der Waals surface area contributed by atoms with Crippen LogP contribution in [0.5, 0.6) is 0 Å². The van der Waals surface area contributed by atoms with E-state index in [1.807, 2.05) is 24.3 Å². The molecule has 1 atom stereocenters. The van der Waals surface area contributed by atoms with Crippen molar-refractivity contribution in [3.05, 3.63) is 65.4 Å². The van der Waals surface area contributed by atoms with Gasteiger partial charge in [0.1, 0.15) is 6.54 Å². The highest BCUT2D eigenvalue weighted by atomic mass is 32.2. The summed E-state index contributed by atoms with van der Waals surface area (Å²) in [4.78, 5) is 31.8. The number of likely N-dealkylation sites (N-methyl/N-ethyl adjacent to an activating group) is 1. The number of rotatable bonds is 8. The lowest BCUT2D eigenvalue weighted by molar-refractivity contribution is -0.895. The van der Waals surface area contributed by atoms with Gasteiger partial charge in [0.15, 0.2) is 6.61 Å². The van der Waals surface area contributed by atoms with Crippen LogP contribution in [0.4, 0.5) is 5.69 Å². The molecule has 4 rings (SSSR count). The fourth-order valence-corrected chi connectivity index (χ4v) is 5.94. The van der Waals surface area contributed by atoms with E-state index in [-0.39, 0.29) is 4.90 Å². The van der Waals surface area contributed by atoms with Crippen molar-refractivity contribution in [2.45, 2.75) is 31.7 Å². The van der Waals surface area contributed by atoms with Gasteiger partial charge in [0.2, 0.25) is 10.0 Å². The molecule has 36 heavy (non-hydrogen) atoms. The van der Waals surface area contributed by atoms with Gasteiger partial charge in [0, 0.05) is 36.1 Å². The number of sulfonamides is 1. The van der Waals surface area contributed by atoms with Gasteiger partial charge in [-0.1, -0.05) is 32.0 Å². The van der Waals surface area contributed by atoms with E-state index < -0.39 is 28.5 Å². The third-order valence-electron chi connectivity index (χ3n) is 6.37. The summed E-state index contributed by atoms with van der Waals surface area (Å²) in [6.07, 6.45) is 0.771. The smallest absolute Gasteiger partial charge is 0.339 e. The molecule has 1 unspecified atom stereocenters. The molecule has 0 radical (unpaired) electrons. The highest BCUT2D eigenvalue weighted by Gasteiger charge is 2.28. The minimum atomic E-state index is -3.58. The summed E-state index contributed by atoms with van der Waals surface area (Å²) < 4.78 is 32.0. The Morgan fingerprint density at radius 3 is 2.47 bits per heavy atom. The monoisotopic (exact) mass is 511 g/mol. The second-order valence-corrected chi connectivity index (χ2v) is 10.7. The number of aromatic nitrogens is 1. The number of ether oxygens (including phenoxy) is 1. The number of carbonyl (C=O) groups is 2. The predicted octanol–water partition coefficient (Wildman–Crippen LogP) is 1.63. The third kappa shape index (κ3) is 5.25. The molecule has 0 bridgehead atoms. The van der Waals surface area contributed by atoms with Gasteiger partial charge in [-0.15, -0.1) is 0 Å². The molecule has 0 spiro atoms. The maximum absolute atomic E-state index is 13.2. The van der Waals surface area contributed by atoms with E-state index in [1.165, 1.54) is 33.5 Å². The zero-order valence-corrected chi connectivity index (χ0v) is 21.5. The Kier molecular flexibility index (Phi) is 7.67. The zero-order valence-electron chi connectivity index (χ0n) is 20.7. The van der Waals surface area contributed by atoms with Crippen LogP contribution in [0, 0.1) is 0 Å². The summed E-state index contributed by atoms with van der Waals surface area (Å²) in [6.45, 7) is 5.43. The lowest BCUT2D eigenvalue weighted by Gasteiger charge is -2.24. The Balaban J connectivity index is 1.46. The molecule has 9 nitrogen and oxygen atoms in total. The number of nitrogens with zero attached hydrogens (tertiary/aromatic N) is 2. The number of carbonyl (C=O) groups excluding carboxylic acids is 2. The number of hydrogen-bond donors (Lipinski definition) is 2. The van der Waals surface area contributed by atoms with Crippen LogP contribution in [-0.4, -0.2) is 62.9 Å². The van der Waals surface area contributed by atoms with E-state index in [2.05, 4.69) is 12.4 Å². The number of benzene rings is 2. The number of para-hydroxylation sites is 1. The van der Waals surface area contributed by atoms with Gasteiger partial charge < -0.3 is 15.0 Å². The maximum Gasteiger partial charge on any atom is 0.339 e. The van der Waals surface area contributed by atoms with Gasteiger partial charge in [-0.3, -0.25) is 9.78 Å². The fourth-order valence-electron chi connectivity index (χ4n) is 4.48. The first-order chi connectivity index (χ1) is 17.2. The van der Waals surface area contributed by atoms with E-state index in [4.69, 9.17) is 9.72 Å². The van der Waals surface area contributed by atoms with E-state index >= 15 is 0 Å². The first kappa shape index (κ1) is 25.7. The number of esters is 1. The van der Waals surface area contributed by atoms with Crippen LogP contribution in [-0.2, 0) is 32.5 Å². The van der Waals surface area contributed by atoms with E-state index in [1.54, 1.807) is 13.8 Å². The van der Waals surface area contributed by atoms with Crippen molar-refractivity contribution in [2.24, 2.45) is 0 Å². The lowest BCUT2D eigenvalue weighted by atomic mass is 9.96. The molecule has 1 aliphatic heterocycles. The van der Waals surface area contributed by atoms with Gasteiger partial charge in [-0.05, 0) is 30.3 Å². The van der Waals surface area contributed by atoms with Crippen molar-refractivity contribution in [1.29, 1.82) is 0 Å². The Hall–Kier alpha value is -3.34. The first-order valence-electron chi connectivity index (χ1n) is 12.0. The van der Waals surface area contributed by atoms with Crippen LogP contribution >= 0.6 is 0 Å². The molecular formula is C26H31N4O5S+. The van der Waals surface area contributed by atoms with Crippen LogP contribution in [0.2, 0.25) is 0 Å². The molecule has 0 fully saturated rings. The standard InChI is InChI=1S/C26H30N4O5S/c1-4-30(5-2)36(33,34)19-12-10-18(11-13-19)27-24(31)17-35-26(32)25-20-8-6-7-9-22(20)28-23-14-15-29(3)16-21(23)25/h6-13H,4-5,14-17H2,1-3H3,(H,27,31)/p+1. The molecule has 3 aromatic rings. The summed E-state index contributed by atoms with van der Waals surface area (Å²) in [5.74, 6) is -1.08. The third-order valence-corrected chi connectivity index (χ3v) is 8.43. The van der Waals surface area contributed by atoms with E-state index in [0.29, 0.717) is 36.3 Å². The molecule has 1 aromatic heterocycles. The normalized spacial score (nSPS) is 15.5. The topological polar surface area (TPSA) is 110 Å². The predicted molar refractivity (Wildman–Crippen MR) is 136 cm³/mol. The lowest BCUT2D eigenvalue weighted by Crippen LogP contribution is -3.08. The quantitative estimate of drug-likeness (QED) is 0.445. The summed E-state index contributed by atoms with van der Waals surface area (Å²) in [7, 11) is -1.52. The fraction of sp³-hybridized carbons (Fsp3) is 0.346. The summed E-state index contributed by atoms with van der Waals surface area (Å²) >= 11 is 0. The summed E-state index contributed by atoms with van der Waals surface area (Å²) in [6, 6.07) is 13.4. The molecule has 10 heteroatoms. The number of pyridine rings is 1. The van der Waals surface area contributed by atoms with Crippen molar-refractivity contribution in [1.82, 2.24) is 9.29 Å². The number of fused-ring (bicyclic) bond motifs is 2. The van der Waals surface area contributed by atoms with Crippen molar-refractivity contribution >= 4 is 38.5 Å². The van der Waals surface area contributed by atoms with Gasteiger partial charge >= 0.3 is 5.97 Å². The molecule has 0 saturated carbocycles. The minimum Gasteiger partial charge on any atom is -0.452 e. The molecule has 190 valence electrons. The number of quaternary nitrogens is 1. The molecule has 2 aromatic carbocycles.